The minimum Gasteiger partial charge on any atom is -0.478 e. The van der Waals surface area contributed by atoms with Gasteiger partial charge in [-0.3, -0.25) is 4.79 Å². The Bertz CT molecular complexity index is 961. The number of nitrogens with zero attached hydrogens (tertiary/aromatic N) is 1. The van der Waals surface area contributed by atoms with Crippen LogP contribution in [-0.2, 0) is 14.3 Å². The number of carboxylic acid groups (broad SMARTS) is 1. The Labute approximate surface area is 211 Å². The monoisotopic (exact) mass is 506 g/mol. The summed E-state index contributed by atoms with van der Waals surface area (Å²) in [6.07, 6.45) is 7.43. The van der Waals surface area contributed by atoms with Gasteiger partial charge in [-0.1, -0.05) is 11.6 Å². The molecule has 35 heavy (non-hydrogen) atoms. The SMILES string of the molecule is CC(C)(C)OC(=O)NCC1CCC(C(=O)[C@@]2(Nc3ncc(/C=C/C(=O)O)cc3Cl)CCNC2)CC1. The van der Waals surface area contributed by atoms with Gasteiger partial charge >= 0.3 is 12.1 Å². The van der Waals surface area contributed by atoms with E-state index in [0.29, 0.717) is 48.4 Å². The second-order valence-corrected chi connectivity index (χ2v) is 10.8. The van der Waals surface area contributed by atoms with Gasteiger partial charge < -0.3 is 25.8 Å². The summed E-state index contributed by atoms with van der Waals surface area (Å²) < 4.78 is 5.30. The zero-order valence-electron chi connectivity index (χ0n) is 20.5. The number of nitrogens with one attached hydrogen (secondary N) is 3. The number of pyridine rings is 1. The topological polar surface area (TPSA) is 130 Å². The fourth-order valence-corrected chi connectivity index (χ4v) is 4.88. The van der Waals surface area contributed by atoms with Crippen molar-refractivity contribution in [3.63, 3.8) is 0 Å². The fraction of sp³-hybridized carbons (Fsp3) is 0.600. The summed E-state index contributed by atoms with van der Waals surface area (Å²) in [5.74, 6) is -0.239. The molecule has 1 aliphatic carbocycles. The number of halogens is 1. The van der Waals surface area contributed by atoms with Crippen molar-refractivity contribution in [2.75, 3.05) is 25.0 Å². The molecule has 0 unspecified atom stereocenters. The highest BCUT2D eigenvalue weighted by Gasteiger charge is 2.45. The molecule has 0 radical (unpaired) electrons. The Hall–Kier alpha value is -2.65. The average Bonchev–Trinajstić information content (AvgIpc) is 3.26. The molecule has 3 rings (SSSR count). The van der Waals surface area contributed by atoms with Crippen molar-refractivity contribution in [3.8, 4) is 0 Å². The first kappa shape index (κ1) is 26.9. The van der Waals surface area contributed by atoms with Crippen LogP contribution in [0.25, 0.3) is 6.08 Å². The van der Waals surface area contributed by atoms with Crippen molar-refractivity contribution in [1.29, 1.82) is 0 Å². The molecule has 9 nitrogen and oxygen atoms in total. The second kappa shape index (κ2) is 11.4. The number of ether oxygens (including phenoxy) is 1. The molecule has 192 valence electrons. The number of aromatic nitrogens is 1. The van der Waals surface area contributed by atoms with Gasteiger partial charge in [0.2, 0.25) is 0 Å². The Morgan fingerprint density at radius 2 is 2.00 bits per heavy atom. The van der Waals surface area contributed by atoms with E-state index in [1.54, 1.807) is 6.07 Å². The van der Waals surface area contributed by atoms with Crippen LogP contribution in [0.3, 0.4) is 0 Å². The van der Waals surface area contributed by atoms with E-state index in [4.69, 9.17) is 21.4 Å². The molecule has 10 heteroatoms. The molecule has 0 bridgehead atoms. The number of carbonyl (C=O) groups is 3. The van der Waals surface area contributed by atoms with E-state index >= 15 is 0 Å². The lowest BCUT2D eigenvalue weighted by atomic mass is 9.74. The lowest BCUT2D eigenvalue weighted by Crippen LogP contribution is -2.52. The number of carbonyl (C=O) groups excluding carboxylic acids is 2. The number of aliphatic carboxylic acids is 1. The van der Waals surface area contributed by atoms with Gasteiger partial charge in [0.05, 0.1) is 5.02 Å². The largest absolute Gasteiger partial charge is 0.478 e. The van der Waals surface area contributed by atoms with Crippen molar-refractivity contribution in [1.82, 2.24) is 15.6 Å². The van der Waals surface area contributed by atoms with Gasteiger partial charge in [0.1, 0.15) is 17.0 Å². The van der Waals surface area contributed by atoms with Gasteiger partial charge in [0.25, 0.3) is 0 Å². The Morgan fingerprint density at radius 3 is 2.57 bits per heavy atom. The number of anilines is 1. The maximum Gasteiger partial charge on any atom is 0.407 e. The van der Waals surface area contributed by atoms with E-state index in [1.165, 1.54) is 12.3 Å². The summed E-state index contributed by atoms with van der Waals surface area (Å²) >= 11 is 6.41. The van der Waals surface area contributed by atoms with Gasteiger partial charge in [-0.15, -0.1) is 0 Å². The van der Waals surface area contributed by atoms with Gasteiger partial charge in [0.15, 0.2) is 5.78 Å². The zero-order valence-corrected chi connectivity index (χ0v) is 21.3. The first-order chi connectivity index (χ1) is 16.5. The predicted molar refractivity (Wildman–Crippen MR) is 134 cm³/mol. The lowest BCUT2D eigenvalue weighted by molar-refractivity contribution is -0.131. The molecule has 4 N–H and O–H groups in total. The number of ketones is 1. The second-order valence-electron chi connectivity index (χ2n) is 10.4. The molecule has 1 aliphatic heterocycles. The third-order valence-corrected chi connectivity index (χ3v) is 6.70. The number of hydrogen-bond donors (Lipinski definition) is 4. The Kier molecular flexibility index (Phi) is 8.77. The van der Waals surface area contributed by atoms with Gasteiger partial charge in [-0.05, 0) is 83.0 Å². The van der Waals surface area contributed by atoms with E-state index in [9.17, 15) is 14.4 Å². The summed E-state index contributed by atoms with van der Waals surface area (Å²) in [5.41, 5.74) is -0.759. The van der Waals surface area contributed by atoms with E-state index in [0.717, 1.165) is 31.8 Å². The number of rotatable bonds is 8. The van der Waals surface area contributed by atoms with Crippen molar-refractivity contribution >= 4 is 41.3 Å². The van der Waals surface area contributed by atoms with Crippen LogP contribution in [0.15, 0.2) is 18.3 Å². The maximum absolute atomic E-state index is 13.7. The lowest BCUT2D eigenvalue weighted by Gasteiger charge is -2.36. The van der Waals surface area contributed by atoms with Crippen LogP contribution in [0.2, 0.25) is 5.02 Å². The van der Waals surface area contributed by atoms with Gasteiger partial charge in [-0.2, -0.15) is 0 Å². The molecule has 1 atom stereocenters. The first-order valence-electron chi connectivity index (χ1n) is 12.0. The quantitative estimate of drug-likeness (QED) is 0.391. The third-order valence-electron chi connectivity index (χ3n) is 6.42. The Morgan fingerprint density at radius 1 is 1.29 bits per heavy atom. The van der Waals surface area contributed by atoms with Crippen LogP contribution in [-0.4, -0.2) is 58.7 Å². The summed E-state index contributed by atoms with van der Waals surface area (Å²) in [4.78, 5) is 40.7. The van der Waals surface area contributed by atoms with Crippen molar-refractivity contribution in [2.45, 2.75) is 64.0 Å². The highest BCUT2D eigenvalue weighted by atomic mass is 35.5. The van der Waals surface area contributed by atoms with E-state index < -0.39 is 23.2 Å². The van der Waals surface area contributed by atoms with Crippen molar-refractivity contribution in [3.05, 3.63) is 28.9 Å². The summed E-state index contributed by atoms with van der Waals surface area (Å²) in [5, 5.41) is 18.6. The van der Waals surface area contributed by atoms with Crippen LogP contribution >= 0.6 is 11.6 Å². The number of carboxylic acids is 1. The smallest absolute Gasteiger partial charge is 0.407 e. The predicted octanol–water partition coefficient (Wildman–Crippen LogP) is 3.88. The minimum atomic E-state index is -1.06. The summed E-state index contributed by atoms with van der Waals surface area (Å²) in [6, 6.07) is 1.62. The van der Waals surface area contributed by atoms with Crippen LogP contribution in [0.1, 0.15) is 58.4 Å². The standard InChI is InChI=1S/C25H35ClN4O5/c1-24(2,3)35-23(34)29-13-16-4-7-18(8-5-16)21(33)25(10-11-27-15-25)30-22-19(26)12-17(14-28-22)6-9-20(31)32/h6,9,12,14,16,18,27H,4-5,7-8,10-11,13,15H2,1-3H3,(H,28,30)(H,29,34)(H,31,32)/b9-6+/t16?,18?,25-/m1/s1. The normalized spacial score (nSPS) is 24.8. The number of Topliss-reactive ketones (excluding diaryl/α,β-unsaturated/α-hetero) is 1. The Balaban J connectivity index is 1.59. The van der Waals surface area contributed by atoms with Crippen LogP contribution in [0.4, 0.5) is 10.6 Å². The molecular weight excluding hydrogens is 472 g/mol. The third kappa shape index (κ3) is 7.67. The number of alkyl carbamates (subject to hydrolysis) is 1. The van der Waals surface area contributed by atoms with E-state index in [-0.39, 0.29) is 11.7 Å². The molecule has 1 amide bonds. The molecule has 2 aliphatic rings. The zero-order chi connectivity index (χ0) is 25.6. The van der Waals surface area contributed by atoms with Crippen molar-refractivity contribution in [2.24, 2.45) is 11.8 Å². The summed E-state index contributed by atoms with van der Waals surface area (Å²) in [6.45, 7) is 7.24. The van der Waals surface area contributed by atoms with Crippen LogP contribution < -0.4 is 16.0 Å². The average molecular weight is 507 g/mol. The molecule has 2 heterocycles. The molecule has 1 saturated carbocycles. The highest BCUT2D eigenvalue weighted by Crippen LogP contribution is 2.35. The first-order valence-corrected chi connectivity index (χ1v) is 12.4. The molecule has 0 spiro atoms. The molecule has 1 saturated heterocycles. The van der Waals surface area contributed by atoms with Crippen LogP contribution in [0.5, 0.6) is 0 Å². The van der Waals surface area contributed by atoms with E-state index in [2.05, 4.69) is 20.9 Å². The fourth-order valence-electron chi connectivity index (χ4n) is 4.66. The van der Waals surface area contributed by atoms with Crippen molar-refractivity contribution < 1.29 is 24.2 Å². The number of amides is 1. The van der Waals surface area contributed by atoms with Gasteiger partial charge in [0, 0.05) is 31.3 Å². The molecule has 1 aromatic heterocycles. The molecule has 2 fully saturated rings. The summed E-state index contributed by atoms with van der Waals surface area (Å²) in [7, 11) is 0. The molecule has 1 aromatic rings. The minimum absolute atomic E-state index is 0.0725. The van der Waals surface area contributed by atoms with E-state index in [1.807, 2.05) is 20.8 Å². The highest BCUT2D eigenvalue weighted by molar-refractivity contribution is 6.33. The van der Waals surface area contributed by atoms with Crippen LogP contribution in [0, 0.1) is 11.8 Å². The molecular formula is C25H35ClN4O5. The number of hydrogen-bond acceptors (Lipinski definition) is 7. The molecule has 0 aromatic carbocycles. The van der Waals surface area contributed by atoms with Gasteiger partial charge in [-0.25, -0.2) is 14.6 Å². The maximum atomic E-state index is 13.7.